The van der Waals surface area contributed by atoms with Gasteiger partial charge in [0, 0.05) is 32.1 Å². The molecule has 1 heterocycles. The predicted molar refractivity (Wildman–Crippen MR) is 118 cm³/mol. The summed E-state index contributed by atoms with van der Waals surface area (Å²) in [4.78, 5) is 7.69. The summed E-state index contributed by atoms with van der Waals surface area (Å²) in [6.45, 7) is 0.153. The Hall–Kier alpha value is -1.33. The quantitative estimate of drug-likeness (QED) is 0.308. The molecule has 0 unspecified atom stereocenters. The molecule has 0 saturated carbocycles. The average molecular weight is 527 g/mol. The van der Waals surface area contributed by atoms with Crippen molar-refractivity contribution in [3.05, 3.63) is 57.8 Å². The third-order valence-electron chi connectivity index (χ3n) is 3.86. The topological polar surface area (TPSA) is 36.9 Å². The van der Waals surface area contributed by atoms with Crippen LogP contribution in [0.3, 0.4) is 0 Å². The molecule has 0 saturated heterocycles. The zero-order valence-electron chi connectivity index (χ0n) is 15.8. The van der Waals surface area contributed by atoms with Gasteiger partial charge in [0.05, 0.1) is 6.61 Å². The molecule has 9 heteroatoms. The van der Waals surface area contributed by atoms with Gasteiger partial charge in [-0.3, -0.25) is 4.99 Å². The van der Waals surface area contributed by atoms with Gasteiger partial charge in [-0.25, -0.2) is 0 Å². The van der Waals surface area contributed by atoms with Crippen molar-refractivity contribution in [2.24, 2.45) is 4.99 Å². The zero-order valence-corrected chi connectivity index (χ0v) is 19.0. The number of nitrogens with zero attached hydrogens (tertiary/aromatic N) is 2. The Labute approximate surface area is 184 Å². The largest absolute Gasteiger partial charge is 0.411 e. The highest BCUT2D eigenvalue weighted by Crippen LogP contribution is 2.16. The monoisotopic (exact) mass is 527 g/mol. The standard InChI is InChI=1S/C19H24F3N3OS.HI/c1-23-18(25(2)10-9-17-4-3-11-27-17)24-12-15-5-7-16(8-6-15)13-26-14-19(20,21)22;/h3-8,11H,9-10,12-14H2,1-2H3,(H,23,24);1H. The van der Waals surface area contributed by atoms with Crippen LogP contribution < -0.4 is 5.32 Å². The molecule has 0 aliphatic heterocycles. The Balaban J connectivity index is 0.00000392. The third-order valence-corrected chi connectivity index (χ3v) is 4.79. The third kappa shape index (κ3) is 9.24. The molecule has 0 aliphatic carbocycles. The van der Waals surface area contributed by atoms with Crippen LogP contribution in [0.25, 0.3) is 0 Å². The number of halogens is 4. The number of nitrogens with one attached hydrogen (secondary N) is 1. The molecule has 1 N–H and O–H groups in total. The highest BCUT2D eigenvalue weighted by atomic mass is 127. The van der Waals surface area contributed by atoms with Gasteiger partial charge in [0.1, 0.15) is 6.61 Å². The van der Waals surface area contributed by atoms with E-state index in [9.17, 15) is 13.2 Å². The molecule has 4 nitrogen and oxygen atoms in total. The molecule has 0 spiro atoms. The lowest BCUT2D eigenvalue weighted by molar-refractivity contribution is -0.176. The zero-order chi connectivity index (χ0) is 19.7. The minimum Gasteiger partial charge on any atom is -0.367 e. The van der Waals surface area contributed by atoms with Gasteiger partial charge >= 0.3 is 6.18 Å². The first kappa shape index (κ1) is 24.7. The van der Waals surface area contributed by atoms with Gasteiger partial charge in [0.2, 0.25) is 0 Å². The van der Waals surface area contributed by atoms with Gasteiger partial charge in [-0.05, 0) is 29.0 Å². The fourth-order valence-corrected chi connectivity index (χ4v) is 3.14. The summed E-state index contributed by atoms with van der Waals surface area (Å²) in [5.74, 6) is 0.796. The number of alkyl halides is 3. The Morgan fingerprint density at radius 1 is 1.18 bits per heavy atom. The fourth-order valence-electron chi connectivity index (χ4n) is 2.44. The number of likely N-dealkylation sites (N-methyl/N-ethyl adjacent to an activating group) is 1. The van der Waals surface area contributed by atoms with Crippen molar-refractivity contribution < 1.29 is 17.9 Å². The minimum absolute atomic E-state index is 0. The van der Waals surface area contributed by atoms with Crippen LogP contribution >= 0.6 is 35.3 Å². The van der Waals surface area contributed by atoms with E-state index in [0.29, 0.717) is 12.1 Å². The number of hydrogen-bond acceptors (Lipinski definition) is 3. The molecule has 2 aromatic rings. The van der Waals surface area contributed by atoms with Crippen molar-refractivity contribution >= 4 is 41.3 Å². The van der Waals surface area contributed by atoms with Crippen LogP contribution in [-0.2, 0) is 24.3 Å². The van der Waals surface area contributed by atoms with E-state index in [2.05, 4.69) is 31.4 Å². The molecule has 0 aliphatic rings. The summed E-state index contributed by atoms with van der Waals surface area (Å²) in [7, 11) is 3.73. The van der Waals surface area contributed by atoms with Crippen LogP contribution in [-0.4, -0.2) is 44.3 Å². The van der Waals surface area contributed by atoms with Gasteiger partial charge in [-0.1, -0.05) is 30.3 Å². The second kappa shape index (κ2) is 12.3. The molecule has 0 amide bonds. The van der Waals surface area contributed by atoms with E-state index in [4.69, 9.17) is 0 Å². The first-order valence-electron chi connectivity index (χ1n) is 8.54. The Morgan fingerprint density at radius 3 is 2.43 bits per heavy atom. The van der Waals surface area contributed by atoms with E-state index in [0.717, 1.165) is 24.5 Å². The van der Waals surface area contributed by atoms with E-state index in [1.54, 1.807) is 30.5 Å². The highest BCUT2D eigenvalue weighted by molar-refractivity contribution is 14.0. The van der Waals surface area contributed by atoms with Crippen LogP contribution in [0, 0.1) is 0 Å². The normalized spacial score (nSPS) is 11.8. The maximum atomic E-state index is 12.1. The smallest absolute Gasteiger partial charge is 0.367 e. The Kier molecular flexibility index (Phi) is 10.8. The average Bonchev–Trinajstić information content (AvgIpc) is 3.14. The molecule has 0 radical (unpaired) electrons. The molecule has 156 valence electrons. The maximum absolute atomic E-state index is 12.1. The Morgan fingerprint density at radius 2 is 1.86 bits per heavy atom. The second-order valence-electron chi connectivity index (χ2n) is 6.08. The van der Waals surface area contributed by atoms with Crippen LogP contribution in [0.4, 0.5) is 13.2 Å². The van der Waals surface area contributed by atoms with E-state index >= 15 is 0 Å². The van der Waals surface area contributed by atoms with E-state index < -0.39 is 12.8 Å². The summed E-state index contributed by atoms with van der Waals surface area (Å²) >= 11 is 1.74. The van der Waals surface area contributed by atoms with Crippen molar-refractivity contribution in [1.82, 2.24) is 10.2 Å². The summed E-state index contributed by atoms with van der Waals surface area (Å²) < 4.78 is 40.9. The number of ether oxygens (including phenoxy) is 1. The molecule has 1 aromatic heterocycles. The molecule has 0 bridgehead atoms. The minimum atomic E-state index is -4.30. The van der Waals surface area contributed by atoms with Crippen LogP contribution in [0.2, 0.25) is 0 Å². The molecule has 1 aromatic carbocycles. The second-order valence-corrected chi connectivity index (χ2v) is 7.11. The first-order chi connectivity index (χ1) is 12.9. The van der Waals surface area contributed by atoms with Gasteiger partial charge in [-0.2, -0.15) is 13.2 Å². The number of aliphatic imine (C=N–C) groups is 1. The molecule has 0 atom stereocenters. The Bertz CT molecular complexity index is 706. The van der Waals surface area contributed by atoms with Crippen molar-refractivity contribution in [2.75, 3.05) is 27.2 Å². The molecular formula is C19H25F3IN3OS. The van der Waals surface area contributed by atoms with Gasteiger partial charge < -0.3 is 15.0 Å². The SMILES string of the molecule is CN=C(NCc1ccc(COCC(F)(F)F)cc1)N(C)CCc1cccs1.I. The number of benzene rings is 1. The summed E-state index contributed by atoms with van der Waals surface area (Å²) in [6.07, 6.45) is -3.34. The van der Waals surface area contributed by atoms with Gasteiger partial charge in [-0.15, -0.1) is 35.3 Å². The van der Waals surface area contributed by atoms with Crippen LogP contribution in [0.15, 0.2) is 46.8 Å². The van der Waals surface area contributed by atoms with Crippen molar-refractivity contribution in [1.29, 1.82) is 0 Å². The van der Waals surface area contributed by atoms with Crippen molar-refractivity contribution in [2.45, 2.75) is 25.7 Å². The van der Waals surface area contributed by atoms with Crippen LogP contribution in [0.5, 0.6) is 0 Å². The number of hydrogen-bond donors (Lipinski definition) is 1. The first-order valence-corrected chi connectivity index (χ1v) is 9.42. The van der Waals surface area contributed by atoms with Crippen molar-refractivity contribution in [3.63, 3.8) is 0 Å². The molecule has 28 heavy (non-hydrogen) atoms. The van der Waals surface area contributed by atoms with Crippen molar-refractivity contribution in [3.8, 4) is 0 Å². The number of thiophene rings is 1. The van der Waals surface area contributed by atoms with E-state index in [1.807, 2.05) is 25.2 Å². The summed E-state index contributed by atoms with van der Waals surface area (Å²) in [5, 5.41) is 5.37. The van der Waals surface area contributed by atoms with Crippen LogP contribution in [0.1, 0.15) is 16.0 Å². The molecule has 2 rings (SSSR count). The maximum Gasteiger partial charge on any atom is 0.411 e. The fraction of sp³-hybridized carbons (Fsp3) is 0.421. The lowest BCUT2D eigenvalue weighted by atomic mass is 10.1. The predicted octanol–water partition coefficient (Wildman–Crippen LogP) is 4.69. The number of rotatable bonds is 8. The molecule has 0 fully saturated rings. The molecular weight excluding hydrogens is 502 g/mol. The van der Waals surface area contributed by atoms with Gasteiger partial charge in [0.15, 0.2) is 5.96 Å². The van der Waals surface area contributed by atoms with E-state index in [1.165, 1.54) is 4.88 Å². The number of guanidine groups is 1. The lowest BCUT2D eigenvalue weighted by Gasteiger charge is -2.22. The highest BCUT2D eigenvalue weighted by Gasteiger charge is 2.27. The lowest BCUT2D eigenvalue weighted by Crippen LogP contribution is -2.39. The van der Waals surface area contributed by atoms with E-state index in [-0.39, 0.29) is 30.6 Å². The van der Waals surface area contributed by atoms with Gasteiger partial charge in [0.25, 0.3) is 0 Å². The summed E-state index contributed by atoms with van der Waals surface area (Å²) in [5.41, 5.74) is 1.72. The summed E-state index contributed by atoms with van der Waals surface area (Å²) in [6, 6.07) is 11.5.